The average Bonchev–Trinajstić information content (AvgIpc) is 2.69. The first kappa shape index (κ1) is 20.6. The Bertz CT molecular complexity index is 703. The number of unbranched alkanes of at least 4 members (excludes halogenated alkanes) is 1. The van der Waals surface area contributed by atoms with Gasteiger partial charge < -0.3 is 20.7 Å². The van der Waals surface area contributed by atoms with Crippen molar-refractivity contribution in [2.24, 2.45) is 4.99 Å². The molecule has 0 spiro atoms. The number of nitrogens with zero attached hydrogens (tertiary/aromatic N) is 2. The molecule has 1 aromatic carbocycles. The predicted octanol–water partition coefficient (Wildman–Crippen LogP) is 3.35. The number of nitrogens with one attached hydrogen (secondary N) is 3. The molecule has 2 aromatic rings. The van der Waals surface area contributed by atoms with Gasteiger partial charge in [-0.2, -0.15) is 0 Å². The molecule has 0 saturated heterocycles. The van der Waals surface area contributed by atoms with Gasteiger partial charge in [-0.05, 0) is 50.5 Å². The molecule has 27 heavy (non-hydrogen) atoms. The fraction of sp³-hybridized carbons (Fsp3) is 0.429. The maximum atomic E-state index is 5.73. The van der Waals surface area contributed by atoms with E-state index in [-0.39, 0.29) is 0 Å². The van der Waals surface area contributed by atoms with E-state index in [9.17, 15) is 0 Å². The van der Waals surface area contributed by atoms with Crippen LogP contribution in [0.2, 0.25) is 0 Å². The second-order valence-corrected chi connectivity index (χ2v) is 6.25. The summed E-state index contributed by atoms with van der Waals surface area (Å²) in [6, 6.07) is 12.2. The number of hydrogen-bond donors (Lipinski definition) is 3. The Labute approximate surface area is 162 Å². The summed E-state index contributed by atoms with van der Waals surface area (Å²) in [7, 11) is 1.79. The van der Waals surface area contributed by atoms with Crippen molar-refractivity contribution < 1.29 is 4.74 Å². The maximum absolute atomic E-state index is 5.73. The van der Waals surface area contributed by atoms with Crippen LogP contribution in [0.3, 0.4) is 0 Å². The van der Waals surface area contributed by atoms with Gasteiger partial charge in [0, 0.05) is 38.4 Å². The third-order valence-electron chi connectivity index (χ3n) is 4.06. The number of guanidine groups is 1. The van der Waals surface area contributed by atoms with Gasteiger partial charge in [0.05, 0.1) is 6.61 Å². The van der Waals surface area contributed by atoms with Gasteiger partial charge in [0.15, 0.2) is 5.96 Å². The second kappa shape index (κ2) is 11.8. The molecule has 6 heteroatoms. The molecule has 1 aromatic heterocycles. The molecule has 0 aliphatic rings. The lowest BCUT2D eigenvalue weighted by molar-refractivity contribution is 0.336. The minimum atomic E-state index is 0.663. The van der Waals surface area contributed by atoms with Crippen LogP contribution in [0.1, 0.15) is 30.9 Å². The van der Waals surface area contributed by atoms with Crippen LogP contribution in [-0.2, 0) is 6.54 Å². The Balaban J connectivity index is 1.67. The lowest BCUT2D eigenvalue weighted by Gasteiger charge is -2.15. The van der Waals surface area contributed by atoms with Crippen molar-refractivity contribution in [1.29, 1.82) is 0 Å². The first-order valence-electron chi connectivity index (χ1n) is 9.54. The molecule has 0 aliphatic carbocycles. The largest absolute Gasteiger partial charge is 0.494 e. The van der Waals surface area contributed by atoms with Gasteiger partial charge in [0.2, 0.25) is 0 Å². The van der Waals surface area contributed by atoms with E-state index in [1.807, 2.05) is 25.1 Å². The first-order chi connectivity index (χ1) is 13.2. The summed E-state index contributed by atoms with van der Waals surface area (Å²) >= 11 is 0. The zero-order valence-electron chi connectivity index (χ0n) is 16.6. The standard InChI is InChI=1S/C21H31N5O/c1-4-27-19-15-17(2)10-11-18(19)16-26-21(22-3)25-14-8-7-13-24-20-9-5-6-12-23-20/h5-6,9-12,15H,4,7-8,13-14,16H2,1-3H3,(H,23,24)(H2,22,25,26). The zero-order valence-corrected chi connectivity index (χ0v) is 16.6. The topological polar surface area (TPSA) is 70.6 Å². The number of hydrogen-bond acceptors (Lipinski definition) is 4. The molecule has 0 fully saturated rings. The van der Waals surface area contributed by atoms with E-state index in [0.717, 1.165) is 49.0 Å². The third-order valence-corrected chi connectivity index (χ3v) is 4.06. The summed E-state index contributed by atoms with van der Waals surface area (Å²) in [4.78, 5) is 8.54. The molecule has 0 saturated carbocycles. The Hall–Kier alpha value is -2.76. The van der Waals surface area contributed by atoms with Crippen molar-refractivity contribution in [3.63, 3.8) is 0 Å². The molecule has 2 rings (SSSR count). The summed E-state index contributed by atoms with van der Waals surface area (Å²) in [6.45, 7) is 7.19. The van der Waals surface area contributed by atoms with Crippen LogP contribution < -0.4 is 20.7 Å². The fourth-order valence-electron chi connectivity index (χ4n) is 2.64. The zero-order chi connectivity index (χ0) is 19.3. The fourth-order valence-corrected chi connectivity index (χ4v) is 2.64. The number of benzene rings is 1. The van der Waals surface area contributed by atoms with Crippen LogP contribution in [0.4, 0.5) is 5.82 Å². The van der Waals surface area contributed by atoms with Gasteiger partial charge in [-0.1, -0.05) is 18.2 Å². The molecule has 3 N–H and O–H groups in total. The van der Waals surface area contributed by atoms with E-state index in [0.29, 0.717) is 13.2 Å². The number of aliphatic imine (C=N–C) groups is 1. The van der Waals surface area contributed by atoms with Crippen LogP contribution in [0.5, 0.6) is 5.75 Å². The van der Waals surface area contributed by atoms with E-state index >= 15 is 0 Å². The minimum Gasteiger partial charge on any atom is -0.494 e. The Kier molecular flexibility index (Phi) is 8.96. The molecule has 1 heterocycles. The third kappa shape index (κ3) is 7.56. The SMILES string of the molecule is CCOc1cc(C)ccc1CNC(=NC)NCCCCNc1ccccn1. The summed E-state index contributed by atoms with van der Waals surface area (Å²) in [6.07, 6.45) is 3.91. The van der Waals surface area contributed by atoms with Gasteiger partial charge in [-0.25, -0.2) is 4.98 Å². The van der Waals surface area contributed by atoms with Gasteiger partial charge >= 0.3 is 0 Å². The van der Waals surface area contributed by atoms with Gasteiger partial charge in [0.1, 0.15) is 11.6 Å². The molecule has 0 radical (unpaired) electrons. The molecule has 146 valence electrons. The van der Waals surface area contributed by atoms with Crippen molar-refractivity contribution >= 4 is 11.8 Å². The Morgan fingerprint density at radius 3 is 2.70 bits per heavy atom. The number of anilines is 1. The lowest BCUT2D eigenvalue weighted by Crippen LogP contribution is -2.37. The molecule has 0 unspecified atom stereocenters. The molecule has 0 bridgehead atoms. The maximum Gasteiger partial charge on any atom is 0.191 e. The van der Waals surface area contributed by atoms with Crippen LogP contribution in [-0.4, -0.2) is 37.7 Å². The van der Waals surface area contributed by atoms with E-state index in [2.05, 4.69) is 51.0 Å². The number of pyridine rings is 1. The number of aryl methyl sites for hydroxylation is 1. The van der Waals surface area contributed by atoms with E-state index < -0.39 is 0 Å². The van der Waals surface area contributed by atoms with Crippen LogP contribution in [0.25, 0.3) is 0 Å². The highest BCUT2D eigenvalue weighted by molar-refractivity contribution is 5.79. The summed E-state index contributed by atoms with van der Waals surface area (Å²) in [5.41, 5.74) is 2.33. The van der Waals surface area contributed by atoms with Gasteiger partial charge in [-0.15, -0.1) is 0 Å². The van der Waals surface area contributed by atoms with Crippen LogP contribution in [0, 0.1) is 6.92 Å². The number of rotatable bonds is 10. The number of ether oxygens (including phenoxy) is 1. The van der Waals surface area contributed by atoms with E-state index in [4.69, 9.17) is 4.74 Å². The molecule has 0 amide bonds. The molecule has 0 aliphatic heterocycles. The number of aromatic nitrogens is 1. The monoisotopic (exact) mass is 369 g/mol. The quantitative estimate of drug-likeness (QED) is 0.340. The van der Waals surface area contributed by atoms with Crippen molar-refractivity contribution in [3.05, 3.63) is 53.7 Å². The minimum absolute atomic E-state index is 0.663. The van der Waals surface area contributed by atoms with E-state index in [1.54, 1.807) is 13.2 Å². The smallest absolute Gasteiger partial charge is 0.191 e. The van der Waals surface area contributed by atoms with Gasteiger partial charge in [0.25, 0.3) is 0 Å². The van der Waals surface area contributed by atoms with E-state index in [1.165, 1.54) is 5.56 Å². The first-order valence-corrected chi connectivity index (χ1v) is 9.54. The summed E-state index contributed by atoms with van der Waals surface area (Å²) in [5.74, 6) is 2.66. The van der Waals surface area contributed by atoms with Crippen LogP contribution >= 0.6 is 0 Å². The molecule has 6 nitrogen and oxygen atoms in total. The lowest BCUT2D eigenvalue weighted by atomic mass is 10.1. The van der Waals surface area contributed by atoms with Crippen molar-refractivity contribution in [3.8, 4) is 5.75 Å². The summed E-state index contributed by atoms with van der Waals surface area (Å²) < 4.78 is 5.73. The van der Waals surface area contributed by atoms with Crippen molar-refractivity contribution in [1.82, 2.24) is 15.6 Å². The predicted molar refractivity (Wildman–Crippen MR) is 113 cm³/mol. The Morgan fingerprint density at radius 1 is 1.11 bits per heavy atom. The Morgan fingerprint density at radius 2 is 1.96 bits per heavy atom. The average molecular weight is 370 g/mol. The molecule has 0 atom stereocenters. The molecular formula is C21H31N5O. The second-order valence-electron chi connectivity index (χ2n) is 6.25. The van der Waals surface area contributed by atoms with Crippen molar-refractivity contribution in [2.75, 3.05) is 32.1 Å². The summed E-state index contributed by atoms with van der Waals surface area (Å²) in [5, 5.41) is 10.0. The highest BCUT2D eigenvalue weighted by atomic mass is 16.5. The highest BCUT2D eigenvalue weighted by Gasteiger charge is 2.05. The normalized spacial score (nSPS) is 11.1. The molecular weight excluding hydrogens is 338 g/mol. The van der Waals surface area contributed by atoms with Crippen LogP contribution in [0.15, 0.2) is 47.6 Å². The highest BCUT2D eigenvalue weighted by Crippen LogP contribution is 2.20. The van der Waals surface area contributed by atoms with Crippen molar-refractivity contribution in [2.45, 2.75) is 33.2 Å². The van der Waals surface area contributed by atoms with Gasteiger partial charge in [-0.3, -0.25) is 4.99 Å².